The molecule has 0 atom stereocenters. The molecule has 0 saturated heterocycles. The van der Waals surface area contributed by atoms with E-state index in [-0.39, 0.29) is 5.91 Å². The molecular formula is C17H20N2O. The summed E-state index contributed by atoms with van der Waals surface area (Å²) in [6, 6.07) is 15.7. The molecule has 0 heterocycles. The van der Waals surface area contributed by atoms with Crippen molar-refractivity contribution in [2.75, 3.05) is 7.05 Å². The Kier molecular flexibility index (Phi) is 4.53. The molecule has 0 aliphatic rings. The van der Waals surface area contributed by atoms with E-state index < -0.39 is 0 Å². The molecule has 3 heteroatoms. The SMILES string of the molecule is Cc1ccc(C(=O)N(C)Cc2cccc(CN)c2)cc1. The highest BCUT2D eigenvalue weighted by Gasteiger charge is 2.11. The molecule has 0 unspecified atom stereocenters. The van der Waals surface area contributed by atoms with E-state index in [1.54, 1.807) is 4.90 Å². The predicted octanol–water partition coefficient (Wildman–Crippen LogP) is 2.73. The van der Waals surface area contributed by atoms with Crippen molar-refractivity contribution in [3.8, 4) is 0 Å². The van der Waals surface area contributed by atoms with Gasteiger partial charge in [0, 0.05) is 25.7 Å². The largest absolute Gasteiger partial charge is 0.337 e. The van der Waals surface area contributed by atoms with E-state index in [1.807, 2.05) is 62.5 Å². The maximum atomic E-state index is 12.3. The maximum Gasteiger partial charge on any atom is 0.253 e. The van der Waals surface area contributed by atoms with Gasteiger partial charge >= 0.3 is 0 Å². The Hall–Kier alpha value is -2.13. The molecule has 1 amide bonds. The minimum Gasteiger partial charge on any atom is -0.337 e. The zero-order chi connectivity index (χ0) is 14.5. The van der Waals surface area contributed by atoms with Gasteiger partial charge in [0.25, 0.3) is 5.91 Å². The van der Waals surface area contributed by atoms with Gasteiger partial charge in [-0.3, -0.25) is 4.79 Å². The second-order valence-electron chi connectivity index (χ2n) is 5.05. The summed E-state index contributed by atoms with van der Waals surface area (Å²) in [5, 5.41) is 0. The first-order valence-electron chi connectivity index (χ1n) is 6.70. The van der Waals surface area contributed by atoms with Gasteiger partial charge in [0.05, 0.1) is 0 Å². The molecule has 0 fully saturated rings. The molecule has 104 valence electrons. The monoisotopic (exact) mass is 268 g/mol. The molecule has 0 aliphatic carbocycles. The molecular weight excluding hydrogens is 248 g/mol. The van der Waals surface area contributed by atoms with E-state index in [0.29, 0.717) is 18.7 Å². The highest BCUT2D eigenvalue weighted by molar-refractivity contribution is 5.94. The van der Waals surface area contributed by atoms with Crippen molar-refractivity contribution in [2.24, 2.45) is 5.73 Å². The van der Waals surface area contributed by atoms with Crippen molar-refractivity contribution in [2.45, 2.75) is 20.0 Å². The summed E-state index contributed by atoms with van der Waals surface area (Å²) in [5.41, 5.74) is 9.68. The number of nitrogens with zero attached hydrogens (tertiary/aromatic N) is 1. The van der Waals surface area contributed by atoms with Crippen LogP contribution in [-0.4, -0.2) is 17.9 Å². The number of hydrogen-bond acceptors (Lipinski definition) is 2. The Morgan fingerprint density at radius 3 is 2.40 bits per heavy atom. The van der Waals surface area contributed by atoms with Crippen LogP contribution in [0.15, 0.2) is 48.5 Å². The highest BCUT2D eigenvalue weighted by Crippen LogP contribution is 2.11. The fourth-order valence-corrected chi connectivity index (χ4v) is 2.12. The lowest BCUT2D eigenvalue weighted by Crippen LogP contribution is -2.26. The Labute approximate surface area is 120 Å². The van der Waals surface area contributed by atoms with Gasteiger partial charge in [0.1, 0.15) is 0 Å². The van der Waals surface area contributed by atoms with Crippen LogP contribution in [0.3, 0.4) is 0 Å². The van der Waals surface area contributed by atoms with Gasteiger partial charge in [0.2, 0.25) is 0 Å². The molecule has 0 radical (unpaired) electrons. The molecule has 0 saturated carbocycles. The van der Waals surface area contributed by atoms with Gasteiger partial charge in [-0.2, -0.15) is 0 Å². The Balaban J connectivity index is 2.09. The summed E-state index contributed by atoms with van der Waals surface area (Å²) in [6.07, 6.45) is 0. The Bertz CT molecular complexity index is 590. The minimum absolute atomic E-state index is 0.0307. The molecule has 20 heavy (non-hydrogen) atoms. The van der Waals surface area contributed by atoms with Crippen molar-refractivity contribution in [1.82, 2.24) is 4.90 Å². The summed E-state index contributed by atoms with van der Waals surface area (Å²) in [5.74, 6) is 0.0307. The third-order valence-electron chi connectivity index (χ3n) is 3.29. The molecule has 0 spiro atoms. The second-order valence-corrected chi connectivity index (χ2v) is 5.05. The molecule has 2 N–H and O–H groups in total. The highest BCUT2D eigenvalue weighted by atomic mass is 16.2. The number of nitrogens with two attached hydrogens (primary N) is 1. The van der Waals surface area contributed by atoms with Crippen LogP contribution in [0.25, 0.3) is 0 Å². The summed E-state index contributed by atoms with van der Waals surface area (Å²) >= 11 is 0. The fourth-order valence-electron chi connectivity index (χ4n) is 2.12. The van der Waals surface area contributed by atoms with E-state index in [9.17, 15) is 4.79 Å². The fraction of sp³-hybridized carbons (Fsp3) is 0.235. The van der Waals surface area contributed by atoms with Crippen LogP contribution < -0.4 is 5.73 Å². The average molecular weight is 268 g/mol. The maximum absolute atomic E-state index is 12.3. The molecule has 0 aromatic heterocycles. The van der Waals surface area contributed by atoms with E-state index >= 15 is 0 Å². The summed E-state index contributed by atoms with van der Waals surface area (Å²) in [7, 11) is 1.82. The Morgan fingerprint density at radius 2 is 1.75 bits per heavy atom. The lowest BCUT2D eigenvalue weighted by Gasteiger charge is -2.18. The normalized spacial score (nSPS) is 10.3. The van der Waals surface area contributed by atoms with Crippen LogP contribution in [0.4, 0.5) is 0 Å². The minimum atomic E-state index is 0.0307. The third kappa shape index (κ3) is 3.45. The zero-order valence-corrected chi connectivity index (χ0v) is 12.0. The first-order valence-corrected chi connectivity index (χ1v) is 6.70. The van der Waals surface area contributed by atoms with Crippen LogP contribution in [-0.2, 0) is 13.1 Å². The van der Waals surface area contributed by atoms with Crippen molar-refractivity contribution < 1.29 is 4.79 Å². The molecule has 2 rings (SSSR count). The number of carbonyl (C=O) groups excluding carboxylic acids is 1. The standard InChI is InChI=1S/C17H20N2O/c1-13-6-8-16(9-7-13)17(20)19(2)12-15-5-3-4-14(10-15)11-18/h3-10H,11-12,18H2,1-2H3. The van der Waals surface area contributed by atoms with Crippen LogP contribution in [0.1, 0.15) is 27.0 Å². The lowest BCUT2D eigenvalue weighted by atomic mass is 10.1. The number of rotatable bonds is 4. The summed E-state index contributed by atoms with van der Waals surface area (Å²) in [4.78, 5) is 14.0. The van der Waals surface area contributed by atoms with Crippen molar-refractivity contribution >= 4 is 5.91 Å². The van der Waals surface area contributed by atoms with E-state index in [2.05, 4.69) is 0 Å². The molecule has 2 aromatic carbocycles. The predicted molar refractivity (Wildman–Crippen MR) is 81.3 cm³/mol. The van der Waals surface area contributed by atoms with Crippen LogP contribution in [0.2, 0.25) is 0 Å². The van der Waals surface area contributed by atoms with Crippen LogP contribution in [0, 0.1) is 6.92 Å². The number of amides is 1. The number of aryl methyl sites for hydroxylation is 1. The second kappa shape index (κ2) is 6.35. The first-order chi connectivity index (χ1) is 9.60. The molecule has 0 aliphatic heterocycles. The Morgan fingerprint density at radius 1 is 1.10 bits per heavy atom. The van der Waals surface area contributed by atoms with E-state index in [1.165, 1.54) is 0 Å². The van der Waals surface area contributed by atoms with Gasteiger partial charge in [-0.25, -0.2) is 0 Å². The summed E-state index contributed by atoms with van der Waals surface area (Å²) < 4.78 is 0. The van der Waals surface area contributed by atoms with E-state index in [4.69, 9.17) is 5.73 Å². The van der Waals surface area contributed by atoms with Gasteiger partial charge < -0.3 is 10.6 Å². The van der Waals surface area contributed by atoms with Crippen molar-refractivity contribution in [3.63, 3.8) is 0 Å². The molecule has 0 bridgehead atoms. The number of carbonyl (C=O) groups is 1. The van der Waals surface area contributed by atoms with Crippen LogP contribution in [0.5, 0.6) is 0 Å². The van der Waals surface area contributed by atoms with Crippen LogP contribution >= 0.6 is 0 Å². The van der Waals surface area contributed by atoms with Gasteiger partial charge in [-0.15, -0.1) is 0 Å². The van der Waals surface area contributed by atoms with Crippen molar-refractivity contribution in [3.05, 3.63) is 70.8 Å². The van der Waals surface area contributed by atoms with Gasteiger partial charge in [0.15, 0.2) is 0 Å². The molecule has 3 nitrogen and oxygen atoms in total. The first kappa shape index (κ1) is 14.3. The van der Waals surface area contributed by atoms with Gasteiger partial charge in [-0.1, -0.05) is 42.0 Å². The summed E-state index contributed by atoms with van der Waals surface area (Å²) in [6.45, 7) is 3.11. The zero-order valence-electron chi connectivity index (χ0n) is 12.0. The smallest absolute Gasteiger partial charge is 0.253 e. The third-order valence-corrected chi connectivity index (χ3v) is 3.29. The number of benzene rings is 2. The lowest BCUT2D eigenvalue weighted by molar-refractivity contribution is 0.0785. The topological polar surface area (TPSA) is 46.3 Å². The quantitative estimate of drug-likeness (QED) is 0.926. The number of hydrogen-bond donors (Lipinski definition) is 1. The molecule has 2 aromatic rings. The average Bonchev–Trinajstić information content (AvgIpc) is 2.47. The van der Waals surface area contributed by atoms with Gasteiger partial charge in [-0.05, 0) is 30.2 Å². The van der Waals surface area contributed by atoms with Crippen molar-refractivity contribution in [1.29, 1.82) is 0 Å². The van der Waals surface area contributed by atoms with E-state index in [0.717, 1.165) is 16.7 Å².